The van der Waals surface area contributed by atoms with E-state index in [1.807, 2.05) is 0 Å². The molecule has 0 fully saturated rings. The third-order valence-corrected chi connectivity index (χ3v) is 6.32. The smallest absolute Gasteiger partial charge is 0.264 e. The number of H-pyrrole nitrogens is 1. The van der Waals surface area contributed by atoms with Gasteiger partial charge in [0.2, 0.25) is 0 Å². The first-order valence-electron chi connectivity index (χ1n) is 9.18. The highest BCUT2D eigenvalue weighted by Gasteiger charge is 2.23. The Morgan fingerprint density at radius 2 is 1.90 bits per heavy atom. The summed E-state index contributed by atoms with van der Waals surface area (Å²) in [6, 6.07) is 12.7. The van der Waals surface area contributed by atoms with E-state index in [-0.39, 0.29) is 28.5 Å². The van der Waals surface area contributed by atoms with Crippen molar-refractivity contribution >= 4 is 26.8 Å². The average molecular weight is 430 g/mol. The molecule has 0 saturated carbocycles. The van der Waals surface area contributed by atoms with Crippen molar-refractivity contribution in [2.24, 2.45) is 0 Å². The van der Waals surface area contributed by atoms with Crippen molar-refractivity contribution in [1.82, 2.24) is 19.3 Å². The molecule has 0 aliphatic heterocycles. The minimum Gasteiger partial charge on any atom is -0.331 e. The second-order valence-corrected chi connectivity index (χ2v) is 8.41. The topological polar surface area (TPSA) is 113 Å². The molecule has 0 spiro atoms. The first-order chi connectivity index (χ1) is 14.3. The highest BCUT2D eigenvalue weighted by molar-refractivity contribution is 7.89. The summed E-state index contributed by atoms with van der Waals surface area (Å²) < 4.78 is 25.6. The zero-order chi connectivity index (χ0) is 21.9. The molecular weight excluding hydrogens is 408 g/mol. The van der Waals surface area contributed by atoms with Crippen LogP contribution in [0.15, 0.2) is 58.2 Å². The first kappa shape index (κ1) is 21.6. The summed E-state index contributed by atoms with van der Waals surface area (Å²) in [6.07, 6.45) is 0. The van der Waals surface area contributed by atoms with Gasteiger partial charge in [0.25, 0.3) is 21.5 Å². The number of carbonyl (C=O) groups is 1. The van der Waals surface area contributed by atoms with E-state index < -0.39 is 10.0 Å². The summed E-state index contributed by atoms with van der Waals surface area (Å²) >= 11 is 0. The maximum atomic E-state index is 13.0. The van der Waals surface area contributed by atoms with Crippen LogP contribution >= 0.6 is 0 Å². The molecule has 0 unspecified atom stereocenters. The number of nitrogens with zero attached hydrogens (tertiary/aromatic N) is 3. The number of amides is 1. The van der Waals surface area contributed by atoms with Crippen molar-refractivity contribution in [3.63, 3.8) is 0 Å². The van der Waals surface area contributed by atoms with Gasteiger partial charge in [-0.15, -0.1) is 0 Å². The van der Waals surface area contributed by atoms with Crippen molar-refractivity contribution in [1.29, 1.82) is 0 Å². The Labute approximate surface area is 173 Å². The standard InChI is InChI=1S/C20H22N4O5S/c1-4-24(13-18-21-17-11-6-5-10-16(17)19(25)22-18)20(26)14-8-7-9-15(12-14)30(27,28)23(2)29-3/h5-12H,4,13H2,1-3H3,(H,21,22,25). The van der Waals surface area contributed by atoms with Gasteiger partial charge >= 0.3 is 0 Å². The van der Waals surface area contributed by atoms with Gasteiger partial charge in [0.05, 0.1) is 29.5 Å². The van der Waals surface area contributed by atoms with Crippen LogP contribution in [-0.4, -0.2) is 54.4 Å². The fourth-order valence-corrected chi connectivity index (χ4v) is 3.96. The van der Waals surface area contributed by atoms with Crippen LogP contribution in [0.25, 0.3) is 10.9 Å². The van der Waals surface area contributed by atoms with Crippen molar-refractivity contribution < 1.29 is 18.0 Å². The van der Waals surface area contributed by atoms with Crippen LogP contribution in [0.1, 0.15) is 23.1 Å². The molecule has 1 amide bonds. The Morgan fingerprint density at radius 1 is 1.17 bits per heavy atom. The van der Waals surface area contributed by atoms with Crippen LogP contribution in [0, 0.1) is 0 Å². The molecule has 158 valence electrons. The number of para-hydroxylation sites is 1. The number of hydrogen-bond donors (Lipinski definition) is 1. The normalized spacial score (nSPS) is 11.7. The molecule has 0 atom stereocenters. The molecule has 0 radical (unpaired) electrons. The molecule has 0 aliphatic rings. The minimum absolute atomic E-state index is 0.0639. The van der Waals surface area contributed by atoms with Crippen LogP contribution in [0.4, 0.5) is 0 Å². The fraction of sp³-hybridized carbons (Fsp3) is 0.250. The second kappa shape index (κ2) is 8.74. The van der Waals surface area contributed by atoms with Gasteiger partial charge in [-0.05, 0) is 37.3 Å². The number of fused-ring (bicyclic) bond motifs is 1. The van der Waals surface area contributed by atoms with E-state index in [1.165, 1.54) is 43.3 Å². The van der Waals surface area contributed by atoms with Crippen LogP contribution in [-0.2, 0) is 21.4 Å². The summed E-state index contributed by atoms with van der Waals surface area (Å²) in [7, 11) is -1.38. The molecule has 0 bridgehead atoms. The van der Waals surface area contributed by atoms with Crippen molar-refractivity contribution in [3.05, 3.63) is 70.3 Å². The van der Waals surface area contributed by atoms with Crippen LogP contribution in [0.3, 0.4) is 0 Å². The Kier molecular flexibility index (Phi) is 6.30. The number of carbonyl (C=O) groups excluding carboxylic acids is 1. The van der Waals surface area contributed by atoms with Crippen molar-refractivity contribution in [2.45, 2.75) is 18.4 Å². The van der Waals surface area contributed by atoms with E-state index in [2.05, 4.69) is 9.97 Å². The number of aromatic nitrogens is 2. The van der Waals surface area contributed by atoms with E-state index >= 15 is 0 Å². The monoisotopic (exact) mass is 430 g/mol. The molecule has 1 aromatic heterocycles. The molecule has 0 saturated heterocycles. The van der Waals surface area contributed by atoms with Gasteiger partial charge in [-0.3, -0.25) is 14.4 Å². The summed E-state index contributed by atoms with van der Waals surface area (Å²) in [5.41, 5.74) is 0.454. The highest BCUT2D eigenvalue weighted by atomic mass is 32.2. The van der Waals surface area contributed by atoms with Crippen LogP contribution in [0.5, 0.6) is 0 Å². The van der Waals surface area contributed by atoms with Crippen molar-refractivity contribution in [3.8, 4) is 0 Å². The Balaban J connectivity index is 1.90. The molecule has 1 N–H and O–H groups in total. The first-order valence-corrected chi connectivity index (χ1v) is 10.6. The maximum Gasteiger partial charge on any atom is 0.264 e. The zero-order valence-electron chi connectivity index (χ0n) is 16.8. The summed E-state index contributed by atoms with van der Waals surface area (Å²) in [4.78, 5) is 38.6. The summed E-state index contributed by atoms with van der Waals surface area (Å²) in [6.45, 7) is 2.20. The van der Waals surface area contributed by atoms with E-state index in [0.717, 1.165) is 4.47 Å². The average Bonchev–Trinajstić information content (AvgIpc) is 2.76. The lowest BCUT2D eigenvalue weighted by Gasteiger charge is -2.21. The number of hydrogen-bond acceptors (Lipinski definition) is 6. The predicted molar refractivity (Wildman–Crippen MR) is 111 cm³/mol. The van der Waals surface area contributed by atoms with E-state index in [4.69, 9.17) is 4.84 Å². The quantitative estimate of drug-likeness (QED) is 0.572. The second-order valence-electron chi connectivity index (χ2n) is 6.47. The van der Waals surface area contributed by atoms with E-state index in [9.17, 15) is 18.0 Å². The molecule has 9 nitrogen and oxygen atoms in total. The minimum atomic E-state index is -3.89. The Bertz CT molecular complexity index is 1240. The SMILES string of the molecule is CCN(Cc1nc2ccccc2c(=O)[nH]1)C(=O)c1cccc(S(=O)(=O)N(C)OC)c1. The third-order valence-electron chi connectivity index (χ3n) is 4.65. The molecule has 3 aromatic rings. The fourth-order valence-electron chi connectivity index (χ4n) is 2.94. The number of sulfonamides is 1. The van der Waals surface area contributed by atoms with Crippen LogP contribution < -0.4 is 5.56 Å². The van der Waals surface area contributed by atoms with E-state index in [0.29, 0.717) is 23.3 Å². The van der Waals surface area contributed by atoms with Gasteiger partial charge in [0, 0.05) is 19.2 Å². The molecule has 0 aliphatic carbocycles. The Hall–Kier alpha value is -3.08. The molecular formula is C20H22N4O5S. The van der Waals surface area contributed by atoms with E-state index in [1.54, 1.807) is 31.2 Å². The Morgan fingerprint density at radius 3 is 2.60 bits per heavy atom. The van der Waals surface area contributed by atoms with Gasteiger partial charge in [0.15, 0.2) is 0 Å². The zero-order valence-corrected chi connectivity index (χ0v) is 17.6. The summed E-state index contributed by atoms with van der Waals surface area (Å²) in [5.74, 6) is -0.0396. The van der Waals surface area contributed by atoms with Gasteiger partial charge in [-0.1, -0.05) is 22.7 Å². The largest absolute Gasteiger partial charge is 0.331 e. The third kappa shape index (κ3) is 4.25. The molecule has 30 heavy (non-hydrogen) atoms. The number of benzene rings is 2. The van der Waals surface area contributed by atoms with Gasteiger partial charge in [0.1, 0.15) is 5.82 Å². The van der Waals surface area contributed by atoms with Crippen molar-refractivity contribution in [2.75, 3.05) is 20.7 Å². The lowest BCUT2D eigenvalue weighted by Crippen LogP contribution is -2.32. The number of rotatable bonds is 7. The lowest BCUT2D eigenvalue weighted by atomic mass is 10.2. The summed E-state index contributed by atoms with van der Waals surface area (Å²) in [5, 5.41) is 0.468. The number of aromatic amines is 1. The molecule has 3 rings (SSSR count). The number of hydroxylamine groups is 1. The predicted octanol–water partition coefficient (Wildman–Crippen LogP) is 1.77. The number of nitrogens with one attached hydrogen (secondary N) is 1. The van der Waals surface area contributed by atoms with Crippen LogP contribution in [0.2, 0.25) is 0 Å². The van der Waals surface area contributed by atoms with Gasteiger partial charge in [-0.25, -0.2) is 13.4 Å². The van der Waals surface area contributed by atoms with Gasteiger partial charge in [-0.2, -0.15) is 0 Å². The molecule has 1 heterocycles. The molecule has 2 aromatic carbocycles. The maximum absolute atomic E-state index is 13.0. The lowest BCUT2D eigenvalue weighted by molar-refractivity contribution is -0.0258. The van der Waals surface area contributed by atoms with Gasteiger partial charge < -0.3 is 9.88 Å². The molecule has 10 heteroatoms. The highest BCUT2D eigenvalue weighted by Crippen LogP contribution is 2.18.